The van der Waals surface area contributed by atoms with Gasteiger partial charge in [-0.05, 0) is 29.7 Å². The number of nitrogens with zero attached hydrogens (tertiary/aromatic N) is 3. The maximum Gasteiger partial charge on any atom is 0.222 e. The van der Waals surface area contributed by atoms with Gasteiger partial charge >= 0.3 is 0 Å². The second-order valence-electron chi connectivity index (χ2n) is 4.41. The molecule has 5 nitrogen and oxygen atoms in total. The summed E-state index contributed by atoms with van der Waals surface area (Å²) in [5, 5.41) is 4.57. The summed E-state index contributed by atoms with van der Waals surface area (Å²) in [7, 11) is 0. The van der Waals surface area contributed by atoms with Crippen LogP contribution in [-0.2, 0) is 4.79 Å². The van der Waals surface area contributed by atoms with Crippen molar-refractivity contribution in [1.29, 1.82) is 0 Å². The molecule has 1 amide bonds. The lowest BCUT2D eigenvalue weighted by molar-refractivity contribution is -0.114. The van der Waals surface area contributed by atoms with Gasteiger partial charge in [0.05, 0.1) is 5.69 Å². The number of aromatic nitrogens is 3. The van der Waals surface area contributed by atoms with Gasteiger partial charge < -0.3 is 5.32 Å². The van der Waals surface area contributed by atoms with Gasteiger partial charge in [0.1, 0.15) is 5.82 Å². The SMILES string of the molecule is CC(=O)Nc1cc2cc(-c3cccnc3)ncc2cn1. The zero-order valence-corrected chi connectivity index (χ0v) is 10.9. The summed E-state index contributed by atoms with van der Waals surface area (Å²) < 4.78 is 0. The minimum atomic E-state index is -0.140. The van der Waals surface area contributed by atoms with Crippen molar-refractivity contribution in [3.63, 3.8) is 0 Å². The summed E-state index contributed by atoms with van der Waals surface area (Å²) >= 11 is 0. The van der Waals surface area contributed by atoms with Crippen LogP contribution in [0.2, 0.25) is 0 Å². The van der Waals surface area contributed by atoms with Gasteiger partial charge in [0, 0.05) is 42.7 Å². The van der Waals surface area contributed by atoms with Gasteiger partial charge in [-0.15, -0.1) is 0 Å². The molecule has 3 aromatic rings. The van der Waals surface area contributed by atoms with E-state index in [-0.39, 0.29) is 5.91 Å². The quantitative estimate of drug-likeness (QED) is 0.772. The van der Waals surface area contributed by atoms with Crippen molar-refractivity contribution < 1.29 is 4.79 Å². The fourth-order valence-corrected chi connectivity index (χ4v) is 1.96. The molecule has 0 spiro atoms. The minimum absolute atomic E-state index is 0.140. The zero-order chi connectivity index (χ0) is 13.9. The van der Waals surface area contributed by atoms with Crippen molar-refractivity contribution >= 4 is 22.5 Å². The number of fused-ring (bicyclic) bond motifs is 1. The molecule has 0 saturated carbocycles. The number of carbonyl (C=O) groups is 1. The number of amides is 1. The smallest absolute Gasteiger partial charge is 0.222 e. The second kappa shape index (κ2) is 5.05. The summed E-state index contributed by atoms with van der Waals surface area (Å²) in [6.45, 7) is 1.46. The lowest BCUT2D eigenvalue weighted by atomic mass is 10.1. The summed E-state index contributed by atoms with van der Waals surface area (Å²) in [5.41, 5.74) is 1.79. The van der Waals surface area contributed by atoms with E-state index in [4.69, 9.17) is 0 Å². The second-order valence-corrected chi connectivity index (χ2v) is 4.41. The van der Waals surface area contributed by atoms with Gasteiger partial charge in [0.2, 0.25) is 5.91 Å². The standard InChI is InChI=1S/C15H12N4O/c1-10(20)19-15-6-12-5-14(11-3-2-4-16-7-11)17-8-13(12)9-18-15/h2-9H,1H3,(H,18,19,20). The van der Waals surface area contributed by atoms with E-state index in [1.165, 1.54) is 6.92 Å². The average molecular weight is 264 g/mol. The van der Waals surface area contributed by atoms with Crippen LogP contribution in [-0.4, -0.2) is 20.9 Å². The number of pyridine rings is 3. The molecule has 0 aliphatic heterocycles. The average Bonchev–Trinajstić information content (AvgIpc) is 2.47. The Balaban J connectivity index is 2.07. The summed E-state index contributed by atoms with van der Waals surface area (Å²) in [4.78, 5) is 23.7. The Labute approximate surface area is 115 Å². The number of nitrogens with one attached hydrogen (secondary N) is 1. The first kappa shape index (κ1) is 12.2. The first-order valence-electron chi connectivity index (χ1n) is 6.16. The van der Waals surface area contributed by atoms with Crippen LogP contribution in [0.5, 0.6) is 0 Å². The van der Waals surface area contributed by atoms with E-state index in [0.29, 0.717) is 5.82 Å². The van der Waals surface area contributed by atoms with E-state index in [0.717, 1.165) is 22.0 Å². The van der Waals surface area contributed by atoms with Gasteiger partial charge in [0.15, 0.2) is 0 Å². The van der Waals surface area contributed by atoms with Crippen molar-refractivity contribution in [3.05, 3.63) is 49.1 Å². The number of anilines is 1. The van der Waals surface area contributed by atoms with E-state index in [2.05, 4.69) is 20.3 Å². The first-order chi connectivity index (χ1) is 9.72. The maximum absolute atomic E-state index is 11.1. The van der Waals surface area contributed by atoms with Gasteiger partial charge in [-0.1, -0.05) is 0 Å². The Kier molecular flexibility index (Phi) is 3.09. The molecular formula is C15H12N4O. The van der Waals surface area contributed by atoms with Crippen LogP contribution in [0.4, 0.5) is 5.82 Å². The zero-order valence-electron chi connectivity index (χ0n) is 10.9. The molecule has 0 radical (unpaired) electrons. The highest BCUT2D eigenvalue weighted by molar-refractivity contribution is 5.92. The molecule has 3 rings (SSSR count). The normalized spacial score (nSPS) is 10.4. The van der Waals surface area contributed by atoms with Crippen molar-refractivity contribution in [2.45, 2.75) is 6.92 Å². The fourth-order valence-electron chi connectivity index (χ4n) is 1.96. The largest absolute Gasteiger partial charge is 0.311 e. The lowest BCUT2D eigenvalue weighted by Gasteiger charge is -2.05. The van der Waals surface area contributed by atoms with Gasteiger partial charge in [-0.25, -0.2) is 4.98 Å². The molecule has 0 saturated heterocycles. The third-order valence-corrected chi connectivity index (χ3v) is 2.86. The van der Waals surface area contributed by atoms with Crippen LogP contribution >= 0.6 is 0 Å². The van der Waals surface area contributed by atoms with Crippen molar-refractivity contribution in [1.82, 2.24) is 15.0 Å². The summed E-state index contributed by atoms with van der Waals surface area (Å²) in [5.74, 6) is 0.395. The molecule has 98 valence electrons. The van der Waals surface area contributed by atoms with E-state index in [1.54, 1.807) is 24.8 Å². The predicted octanol–water partition coefficient (Wildman–Crippen LogP) is 2.65. The van der Waals surface area contributed by atoms with E-state index in [1.807, 2.05) is 24.3 Å². The lowest BCUT2D eigenvalue weighted by Crippen LogP contribution is -2.07. The van der Waals surface area contributed by atoms with Gasteiger partial charge in [0.25, 0.3) is 0 Å². The fraction of sp³-hybridized carbons (Fsp3) is 0.0667. The molecule has 0 fully saturated rings. The first-order valence-corrected chi connectivity index (χ1v) is 6.16. The Morgan fingerprint density at radius 2 is 1.95 bits per heavy atom. The number of hydrogen-bond donors (Lipinski definition) is 1. The van der Waals surface area contributed by atoms with Crippen molar-refractivity contribution in [2.75, 3.05) is 5.32 Å². The topological polar surface area (TPSA) is 67.8 Å². The molecule has 20 heavy (non-hydrogen) atoms. The molecule has 3 aromatic heterocycles. The Hall–Kier alpha value is -2.82. The number of hydrogen-bond acceptors (Lipinski definition) is 4. The monoisotopic (exact) mass is 264 g/mol. The highest BCUT2D eigenvalue weighted by Crippen LogP contribution is 2.22. The van der Waals surface area contributed by atoms with Crippen LogP contribution in [0.15, 0.2) is 49.1 Å². The van der Waals surface area contributed by atoms with E-state index < -0.39 is 0 Å². The highest BCUT2D eigenvalue weighted by atomic mass is 16.1. The maximum atomic E-state index is 11.1. The third kappa shape index (κ3) is 2.47. The molecule has 0 aliphatic rings. The van der Waals surface area contributed by atoms with Crippen LogP contribution in [0.25, 0.3) is 22.0 Å². The molecule has 0 atom stereocenters. The molecule has 5 heteroatoms. The van der Waals surface area contributed by atoms with Crippen LogP contribution in [0.3, 0.4) is 0 Å². The molecule has 3 heterocycles. The highest BCUT2D eigenvalue weighted by Gasteiger charge is 2.04. The third-order valence-electron chi connectivity index (χ3n) is 2.86. The number of carbonyl (C=O) groups excluding carboxylic acids is 1. The Bertz CT molecular complexity index is 771. The number of rotatable bonds is 2. The van der Waals surface area contributed by atoms with Gasteiger partial charge in [-0.3, -0.25) is 14.8 Å². The van der Waals surface area contributed by atoms with Crippen LogP contribution in [0.1, 0.15) is 6.92 Å². The molecular weight excluding hydrogens is 252 g/mol. The predicted molar refractivity (Wildman–Crippen MR) is 77.1 cm³/mol. The Morgan fingerprint density at radius 3 is 2.70 bits per heavy atom. The molecule has 0 unspecified atom stereocenters. The van der Waals surface area contributed by atoms with Crippen molar-refractivity contribution in [2.24, 2.45) is 0 Å². The van der Waals surface area contributed by atoms with E-state index in [9.17, 15) is 4.79 Å². The molecule has 0 aromatic carbocycles. The van der Waals surface area contributed by atoms with Crippen LogP contribution < -0.4 is 5.32 Å². The van der Waals surface area contributed by atoms with Crippen molar-refractivity contribution in [3.8, 4) is 11.3 Å². The van der Waals surface area contributed by atoms with Crippen LogP contribution in [0, 0.1) is 0 Å². The molecule has 1 N–H and O–H groups in total. The molecule has 0 aliphatic carbocycles. The summed E-state index contributed by atoms with van der Waals surface area (Å²) in [6, 6.07) is 7.62. The minimum Gasteiger partial charge on any atom is -0.311 e. The molecule has 0 bridgehead atoms. The summed E-state index contributed by atoms with van der Waals surface area (Å²) in [6.07, 6.45) is 6.95. The van der Waals surface area contributed by atoms with E-state index >= 15 is 0 Å². The Morgan fingerprint density at radius 1 is 1.10 bits per heavy atom. The van der Waals surface area contributed by atoms with Gasteiger partial charge in [-0.2, -0.15) is 0 Å².